The highest BCUT2D eigenvalue weighted by atomic mass is 19.4. The van der Waals surface area contributed by atoms with Crippen molar-refractivity contribution in [3.8, 4) is 0 Å². The van der Waals surface area contributed by atoms with E-state index in [0.29, 0.717) is 23.8 Å². The van der Waals surface area contributed by atoms with Gasteiger partial charge in [0.2, 0.25) is 0 Å². The highest BCUT2D eigenvalue weighted by Crippen LogP contribution is 2.31. The Morgan fingerprint density at radius 1 is 1.36 bits per heavy atom. The van der Waals surface area contributed by atoms with Crippen LogP contribution >= 0.6 is 0 Å². The van der Waals surface area contributed by atoms with E-state index in [1.165, 1.54) is 4.90 Å². The molecule has 1 aromatic carbocycles. The summed E-state index contributed by atoms with van der Waals surface area (Å²) in [6, 6.07) is 1.09. The van der Waals surface area contributed by atoms with E-state index in [9.17, 15) is 27.5 Å². The topological polar surface area (TPSA) is 71.2 Å². The molecule has 1 N–H and O–H groups in total. The first-order valence-corrected chi connectivity index (χ1v) is 7.38. The van der Waals surface area contributed by atoms with Crippen molar-refractivity contribution in [1.82, 2.24) is 19.7 Å². The van der Waals surface area contributed by atoms with Gasteiger partial charge in [0.25, 0.3) is 0 Å². The van der Waals surface area contributed by atoms with Crippen molar-refractivity contribution in [2.45, 2.75) is 38.8 Å². The molecule has 1 aromatic heterocycles. The van der Waals surface area contributed by atoms with Gasteiger partial charge in [0, 0.05) is 12.1 Å². The Labute approximate surface area is 139 Å². The number of benzene rings is 1. The van der Waals surface area contributed by atoms with Gasteiger partial charge in [-0.2, -0.15) is 13.2 Å². The predicted molar refractivity (Wildman–Crippen MR) is 76.8 cm³/mol. The molecule has 1 aliphatic rings. The maximum absolute atomic E-state index is 14.0. The minimum absolute atomic E-state index is 0.0457. The highest BCUT2D eigenvalue weighted by Gasteiger charge is 2.35. The minimum atomic E-state index is -4.60. The van der Waals surface area contributed by atoms with Crippen LogP contribution in [0.5, 0.6) is 0 Å². The van der Waals surface area contributed by atoms with Crippen LogP contribution in [0.4, 0.5) is 17.6 Å². The zero-order valence-corrected chi connectivity index (χ0v) is 13.1. The zero-order valence-electron chi connectivity index (χ0n) is 13.1. The molecule has 0 spiro atoms. The van der Waals surface area contributed by atoms with Crippen LogP contribution in [0, 0.1) is 12.7 Å². The van der Waals surface area contributed by atoms with Gasteiger partial charge in [-0.3, -0.25) is 9.69 Å². The maximum Gasteiger partial charge on any atom is 0.416 e. The minimum Gasteiger partial charge on any atom is -0.480 e. The third-order valence-electron chi connectivity index (χ3n) is 4.18. The van der Waals surface area contributed by atoms with Crippen molar-refractivity contribution in [1.29, 1.82) is 0 Å². The second-order valence-electron chi connectivity index (χ2n) is 5.84. The molecule has 0 fully saturated rings. The largest absolute Gasteiger partial charge is 0.480 e. The zero-order chi connectivity index (χ0) is 18.4. The molecule has 0 amide bonds. The monoisotopic (exact) mass is 358 g/mol. The Morgan fingerprint density at radius 2 is 2.08 bits per heavy atom. The summed E-state index contributed by atoms with van der Waals surface area (Å²) in [7, 11) is 0. The maximum atomic E-state index is 14.0. The van der Waals surface area contributed by atoms with Gasteiger partial charge >= 0.3 is 12.1 Å². The van der Waals surface area contributed by atoms with Gasteiger partial charge in [0.05, 0.1) is 18.7 Å². The number of carboxylic acids is 1. The number of carboxylic acid groups (broad SMARTS) is 1. The van der Waals surface area contributed by atoms with E-state index in [1.54, 1.807) is 11.5 Å². The summed E-state index contributed by atoms with van der Waals surface area (Å²) in [6.45, 7) is 1.49. The Kier molecular flexibility index (Phi) is 4.23. The van der Waals surface area contributed by atoms with Crippen LogP contribution in [0.1, 0.15) is 22.8 Å². The van der Waals surface area contributed by atoms with Crippen molar-refractivity contribution < 1.29 is 27.5 Å². The molecule has 0 bridgehead atoms. The molecule has 6 nitrogen and oxygen atoms in total. The van der Waals surface area contributed by atoms with Gasteiger partial charge in [-0.1, -0.05) is 0 Å². The van der Waals surface area contributed by atoms with Gasteiger partial charge in [-0.05, 0) is 25.1 Å². The summed E-state index contributed by atoms with van der Waals surface area (Å²) in [6.07, 6.45) is -4.60. The van der Waals surface area contributed by atoms with Gasteiger partial charge in [-0.25, -0.2) is 4.39 Å². The first-order valence-electron chi connectivity index (χ1n) is 7.38. The first kappa shape index (κ1) is 17.3. The summed E-state index contributed by atoms with van der Waals surface area (Å²) in [5, 5.41) is 17.2. The number of aliphatic carboxylic acids is 1. The number of nitrogens with zero attached hydrogens (tertiary/aromatic N) is 4. The lowest BCUT2D eigenvalue weighted by Crippen LogP contribution is -2.47. The number of alkyl halides is 3. The molecule has 0 saturated carbocycles. The fourth-order valence-electron chi connectivity index (χ4n) is 2.85. The number of hydrogen-bond donors (Lipinski definition) is 1. The quantitative estimate of drug-likeness (QED) is 0.852. The number of rotatable bonds is 3. The molecule has 10 heteroatoms. The van der Waals surface area contributed by atoms with E-state index in [4.69, 9.17) is 0 Å². The van der Waals surface area contributed by atoms with Crippen LogP contribution < -0.4 is 0 Å². The molecule has 134 valence electrons. The fraction of sp³-hybridized carbons (Fsp3) is 0.400. The van der Waals surface area contributed by atoms with E-state index < -0.39 is 29.6 Å². The van der Waals surface area contributed by atoms with Gasteiger partial charge in [0.15, 0.2) is 0 Å². The normalized spacial score (nSPS) is 18.2. The van der Waals surface area contributed by atoms with Gasteiger partial charge in [-0.15, -0.1) is 10.2 Å². The second-order valence-corrected chi connectivity index (χ2v) is 5.84. The number of hydrogen-bond acceptors (Lipinski definition) is 4. The molecule has 25 heavy (non-hydrogen) atoms. The molecule has 3 rings (SSSR count). The lowest BCUT2D eigenvalue weighted by Gasteiger charge is -2.33. The molecular formula is C15H14F4N4O2. The molecule has 2 heterocycles. The Balaban J connectivity index is 1.92. The first-order chi connectivity index (χ1) is 11.7. The summed E-state index contributed by atoms with van der Waals surface area (Å²) < 4.78 is 54.1. The molecular weight excluding hydrogens is 344 g/mol. The van der Waals surface area contributed by atoms with E-state index in [2.05, 4.69) is 10.2 Å². The third-order valence-corrected chi connectivity index (χ3v) is 4.18. The average Bonchev–Trinajstić information content (AvgIpc) is 2.88. The summed E-state index contributed by atoms with van der Waals surface area (Å²) in [4.78, 5) is 12.9. The number of fused-ring (bicyclic) bond motifs is 1. The van der Waals surface area contributed by atoms with E-state index in [-0.39, 0.29) is 25.2 Å². The van der Waals surface area contributed by atoms with Crippen LogP contribution in [-0.4, -0.2) is 36.8 Å². The van der Waals surface area contributed by atoms with Crippen LogP contribution in [0.3, 0.4) is 0 Å². The number of carbonyl (C=O) groups is 1. The molecule has 0 radical (unpaired) electrons. The lowest BCUT2D eigenvalue weighted by atomic mass is 10.1. The van der Waals surface area contributed by atoms with Crippen molar-refractivity contribution in [3.63, 3.8) is 0 Å². The van der Waals surface area contributed by atoms with Crippen LogP contribution in [-0.2, 0) is 30.6 Å². The van der Waals surface area contributed by atoms with E-state index >= 15 is 0 Å². The van der Waals surface area contributed by atoms with E-state index in [1.807, 2.05) is 0 Å². The van der Waals surface area contributed by atoms with E-state index in [0.717, 1.165) is 6.07 Å². The number of aryl methyl sites for hydroxylation is 1. The molecule has 0 saturated heterocycles. The smallest absolute Gasteiger partial charge is 0.416 e. The van der Waals surface area contributed by atoms with Crippen LogP contribution in [0.15, 0.2) is 18.2 Å². The predicted octanol–water partition coefficient (Wildman–Crippen LogP) is 2.21. The lowest BCUT2D eigenvalue weighted by molar-refractivity contribution is -0.145. The summed E-state index contributed by atoms with van der Waals surface area (Å²) >= 11 is 0. The SMILES string of the molecule is Cc1nnc2n1CC(C(=O)O)N(Cc1cc(C(F)(F)F)ccc1F)C2. The number of aromatic nitrogens is 3. The van der Waals surface area contributed by atoms with Crippen molar-refractivity contribution in [3.05, 3.63) is 46.8 Å². The molecule has 2 aromatic rings. The molecule has 1 aliphatic heterocycles. The van der Waals surface area contributed by atoms with Crippen molar-refractivity contribution >= 4 is 5.97 Å². The second kappa shape index (κ2) is 6.10. The molecule has 1 unspecified atom stereocenters. The van der Waals surface area contributed by atoms with Crippen LogP contribution in [0.25, 0.3) is 0 Å². The number of halogens is 4. The van der Waals surface area contributed by atoms with Crippen molar-refractivity contribution in [2.24, 2.45) is 0 Å². The van der Waals surface area contributed by atoms with Gasteiger partial charge in [0.1, 0.15) is 23.5 Å². The molecule has 1 atom stereocenters. The average molecular weight is 358 g/mol. The Bertz CT molecular complexity index is 818. The molecule has 0 aliphatic carbocycles. The van der Waals surface area contributed by atoms with Crippen LogP contribution in [0.2, 0.25) is 0 Å². The summed E-state index contributed by atoms with van der Waals surface area (Å²) in [5.41, 5.74) is -1.20. The Morgan fingerprint density at radius 3 is 2.72 bits per heavy atom. The Hall–Kier alpha value is -2.49. The highest BCUT2D eigenvalue weighted by molar-refractivity contribution is 5.73. The van der Waals surface area contributed by atoms with Crippen molar-refractivity contribution in [2.75, 3.05) is 0 Å². The van der Waals surface area contributed by atoms with Gasteiger partial charge < -0.3 is 9.67 Å². The standard InChI is InChI=1S/C15H14F4N4O2/c1-8-20-21-13-7-22(12(14(24)25)6-23(8)13)5-9-4-10(15(17,18)19)2-3-11(9)16/h2-4,12H,5-7H2,1H3,(H,24,25). The summed E-state index contributed by atoms with van der Waals surface area (Å²) in [5.74, 6) is -0.931. The fourth-order valence-corrected chi connectivity index (χ4v) is 2.85. The third kappa shape index (κ3) is 3.34.